The van der Waals surface area contributed by atoms with Crippen molar-refractivity contribution < 1.29 is 17.6 Å². The van der Waals surface area contributed by atoms with E-state index in [4.69, 9.17) is 5.26 Å². The van der Waals surface area contributed by atoms with E-state index in [1.807, 2.05) is 0 Å². The Bertz CT molecular complexity index is 903. The predicted octanol–water partition coefficient (Wildman–Crippen LogP) is 2.42. The van der Waals surface area contributed by atoms with Crippen molar-refractivity contribution in [1.82, 2.24) is 5.32 Å². The first-order valence-electron chi connectivity index (χ1n) is 6.83. The minimum Gasteiger partial charge on any atom is -0.334 e. The lowest BCUT2D eigenvalue weighted by molar-refractivity contribution is 0.251. The molecule has 6 nitrogen and oxygen atoms in total. The third-order valence-electron chi connectivity index (χ3n) is 3.15. The Hall–Kier alpha value is -2.92. The molecule has 0 spiro atoms. The Morgan fingerprint density at radius 2 is 1.88 bits per heavy atom. The summed E-state index contributed by atoms with van der Waals surface area (Å²) in [6.45, 7) is 0.166. The summed E-state index contributed by atoms with van der Waals surface area (Å²) in [5, 5.41) is 13.9. The average Bonchev–Trinajstić information content (AvgIpc) is 2.54. The van der Waals surface area contributed by atoms with Gasteiger partial charge in [-0.3, -0.25) is 0 Å². The Balaban J connectivity index is 1.98. The number of anilines is 1. The zero-order valence-electron chi connectivity index (χ0n) is 12.7. The van der Waals surface area contributed by atoms with E-state index in [0.29, 0.717) is 5.56 Å². The Labute approximate surface area is 138 Å². The highest BCUT2D eigenvalue weighted by atomic mass is 32.2. The van der Waals surface area contributed by atoms with Crippen LogP contribution in [-0.4, -0.2) is 20.7 Å². The lowest BCUT2D eigenvalue weighted by Gasteiger charge is -2.09. The smallest absolute Gasteiger partial charge is 0.319 e. The van der Waals surface area contributed by atoms with Gasteiger partial charge in [0.25, 0.3) is 0 Å². The van der Waals surface area contributed by atoms with Gasteiger partial charge in [0, 0.05) is 12.8 Å². The predicted molar refractivity (Wildman–Crippen MR) is 86.5 cm³/mol. The van der Waals surface area contributed by atoms with Crippen molar-refractivity contribution in [3.63, 3.8) is 0 Å². The number of urea groups is 1. The van der Waals surface area contributed by atoms with Crippen molar-refractivity contribution in [2.24, 2.45) is 0 Å². The fourth-order valence-electron chi connectivity index (χ4n) is 1.92. The van der Waals surface area contributed by atoms with E-state index in [2.05, 4.69) is 10.6 Å². The monoisotopic (exact) mass is 347 g/mol. The van der Waals surface area contributed by atoms with E-state index < -0.39 is 21.7 Å². The molecule has 8 heteroatoms. The van der Waals surface area contributed by atoms with Gasteiger partial charge in [-0.05, 0) is 35.9 Å². The average molecular weight is 347 g/mol. The number of hydrogen-bond donors (Lipinski definition) is 2. The van der Waals surface area contributed by atoms with Gasteiger partial charge in [0.1, 0.15) is 11.9 Å². The summed E-state index contributed by atoms with van der Waals surface area (Å²) in [5.41, 5.74) is 0.920. The molecule has 0 aliphatic rings. The third kappa shape index (κ3) is 4.54. The molecule has 24 heavy (non-hydrogen) atoms. The Morgan fingerprint density at radius 1 is 1.21 bits per heavy atom. The van der Waals surface area contributed by atoms with E-state index in [1.54, 1.807) is 18.2 Å². The van der Waals surface area contributed by atoms with Gasteiger partial charge in [-0.2, -0.15) is 5.26 Å². The number of hydrogen-bond acceptors (Lipinski definition) is 4. The van der Waals surface area contributed by atoms with Crippen molar-refractivity contribution in [3.8, 4) is 6.07 Å². The molecule has 0 bridgehead atoms. The molecule has 0 radical (unpaired) electrons. The molecule has 0 saturated heterocycles. The molecule has 0 heterocycles. The van der Waals surface area contributed by atoms with E-state index in [0.717, 1.165) is 18.4 Å². The molecular formula is C16H14FN3O3S. The molecule has 0 saturated carbocycles. The highest BCUT2D eigenvalue weighted by Gasteiger charge is 2.09. The summed E-state index contributed by atoms with van der Waals surface area (Å²) < 4.78 is 35.8. The molecule has 0 fully saturated rings. The number of nitriles is 1. The summed E-state index contributed by atoms with van der Waals surface area (Å²) in [6.07, 6.45) is 1.11. The van der Waals surface area contributed by atoms with Gasteiger partial charge >= 0.3 is 6.03 Å². The van der Waals surface area contributed by atoms with Crippen molar-refractivity contribution in [2.45, 2.75) is 11.4 Å². The van der Waals surface area contributed by atoms with Gasteiger partial charge in [-0.1, -0.05) is 12.1 Å². The van der Waals surface area contributed by atoms with Crippen LogP contribution in [0.4, 0.5) is 14.9 Å². The second-order valence-corrected chi connectivity index (χ2v) is 7.04. The highest BCUT2D eigenvalue weighted by molar-refractivity contribution is 7.90. The Kier molecular flexibility index (Phi) is 5.16. The molecule has 0 atom stereocenters. The highest BCUT2D eigenvalue weighted by Crippen LogP contribution is 2.16. The molecule has 0 aliphatic heterocycles. The summed E-state index contributed by atoms with van der Waals surface area (Å²) in [7, 11) is -3.26. The number of nitrogens with one attached hydrogen (secondary N) is 2. The quantitative estimate of drug-likeness (QED) is 0.887. The van der Waals surface area contributed by atoms with Crippen LogP contribution in [0.25, 0.3) is 0 Å². The maximum Gasteiger partial charge on any atom is 0.319 e. The lowest BCUT2D eigenvalue weighted by Crippen LogP contribution is -2.28. The van der Waals surface area contributed by atoms with Crippen LogP contribution in [0.1, 0.15) is 11.1 Å². The van der Waals surface area contributed by atoms with Crippen LogP contribution in [0.15, 0.2) is 47.4 Å². The molecule has 2 amide bonds. The molecule has 0 aromatic heterocycles. The fraction of sp³-hybridized carbons (Fsp3) is 0.125. The Morgan fingerprint density at radius 3 is 2.46 bits per heavy atom. The first kappa shape index (κ1) is 17.4. The molecule has 2 rings (SSSR count). The first-order chi connectivity index (χ1) is 11.3. The number of halogens is 1. The molecule has 2 aromatic rings. The molecular weight excluding hydrogens is 333 g/mol. The fourth-order valence-corrected chi connectivity index (χ4v) is 2.55. The van der Waals surface area contributed by atoms with E-state index >= 15 is 0 Å². The zero-order valence-corrected chi connectivity index (χ0v) is 13.5. The van der Waals surface area contributed by atoms with Crippen LogP contribution in [0.5, 0.6) is 0 Å². The number of carbonyl (C=O) groups excluding carboxylic acids is 1. The molecule has 2 N–H and O–H groups in total. The van der Waals surface area contributed by atoms with Gasteiger partial charge in [0.05, 0.1) is 16.1 Å². The number of sulfone groups is 1. The van der Waals surface area contributed by atoms with Gasteiger partial charge < -0.3 is 10.6 Å². The minimum atomic E-state index is -3.26. The van der Waals surface area contributed by atoms with Crippen molar-refractivity contribution in [2.75, 3.05) is 11.6 Å². The molecule has 2 aromatic carbocycles. The number of carbonyl (C=O) groups is 1. The lowest BCUT2D eigenvalue weighted by atomic mass is 10.2. The third-order valence-corrected chi connectivity index (χ3v) is 4.28. The van der Waals surface area contributed by atoms with Crippen LogP contribution in [0.2, 0.25) is 0 Å². The van der Waals surface area contributed by atoms with E-state index in [1.165, 1.54) is 18.2 Å². The largest absolute Gasteiger partial charge is 0.334 e. The summed E-state index contributed by atoms with van der Waals surface area (Å²) in [4.78, 5) is 12.0. The second-order valence-electron chi connectivity index (χ2n) is 5.03. The normalized spacial score (nSPS) is 10.7. The molecule has 0 unspecified atom stereocenters. The zero-order chi connectivity index (χ0) is 17.7. The SMILES string of the molecule is CS(=O)(=O)c1ccc(CNC(=O)Nc2ccc(F)cc2C#N)cc1. The van der Waals surface area contributed by atoms with Gasteiger partial charge in [0.15, 0.2) is 9.84 Å². The van der Waals surface area contributed by atoms with Gasteiger partial charge in [0.2, 0.25) is 0 Å². The van der Waals surface area contributed by atoms with Crippen molar-refractivity contribution in [1.29, 1.82) is 5.26 Å². The van der Waals surface area contributed by atoms with Crippen LogP contribution < -0.4 is 10.6 Å². The standard InChI is InChI=1S/C16H14FN3O3S/c1-24(22,23)14-5-2-11(3-6-14)10-19-16(21)20-15-7-4-13(17)8-12(15)9-18/h2-8H,10H2,1H3,(H2,19,20,21). The molecule has 124 valence electrons. The van der Waals surface area contributed by atoms with Gasteiger partial charge in [-0.25, -0.2) is 17.6 Å². The summed E-state index contributed by atoms with van der Waals surface area (Å²) in [5.74, 6) is -0.566. The van der Waals surface area contributed by atoms with Crippen LogP contribution in [-0.2, 0) is 16.4 Å². The number of nitrogens with zero attached hydrogens (tertiary/aromatic N) is 1. The summed E-state index contributed by atoms with van der Waals surface area (Å²) >= 11 is 0. The van der Waals surface area contributed by atoms with E-state index in [-0.39, 0.29) is 22.7 Å². The minimum absolute atomic E-state index is 0.0163. The first-order valence-corrected chi connectivity index (χ1v) is 8.72. The topological polar surface area (TPSA) is 99.1 Å². The van der Waals surface area contributed by atoms with Crippen molar-refractivity contribution >= 4 is 21.6 Å². The van der Waals surface area contributed by atoms with E-state index in [9.17, 15) is 17.6 Å². The summed E-state index contributed by atoms with van der Waals surface area (Å²) in [6, 6.07) is 10.8. The molecule has 0 aliphatic carbocycles. The van der Waals surface area contributed by atoms with Crippen molar-refractivity contribution in [3.05, 3.63) is 59.4 Å². The second kappa shape index (κ2) is 7.10. The van der Waals surface area contributed by atoms with Crippen LogP contribution in [0, 0.1) is 17.1 Å². The maximum atomic E-state index is 13.0. The number of benzene rings is 2. The van der Waals surface area contributed by atoms with Crippen LogP contribution >= 0.6 is 0 Å². The number of rotatable bonds is 4. The van der Waals surface area contributed by atoms with Crippen LogP contribution in [0.3, 0.4) is 0 Å². The number of amides is 2. The van der Waals surface area contributed by atoms with Gasteiger partial charge in [-0.15, -0.1) is 0 Å². The maximum absolute atomic E-state index is 13.0.